The van der Waals surface area contributed by atoms with Gasteiger partial charge < -0.3 is 10.6 Å². The molecular formula is C7H10N4O3S. The fraction of sp³-hybridized carbons (Fsp3) is 0.143. The molecule has 15 heavy (non-hydrogen) atoms. The standard InChI is InChI=1S/C7H10N4O3S/c1-9-7(12)11-5-2-3-10-6(4-5)15(8,13)14/h2-4H,1H3,(H2,8,13,14)(H2,9,10,11,12). The van der Waals surface area contributed by atoms with Gasteiger partial charge >= 0.3 is 6.03 Å². The van der Waals surface area contributed by atoms with Gasteiger partial charge in [0.25, 0.3) is 10.0 Å². The molecule has 0 aliphatic heterocycles. The molecule has 0 atom stereocenters. The Morgan fingerprint density at radius 2 is 2.20 bits per heavy atom. The van der Waals surface area contributed by atoms with Crippen LogP contribution in [0.4, 0.5) is 10.5 Å². The lowest BCUT2D eigenvalue weighted by Crippen LogP contribution is -2.24. The molecule has 0 radical (unpaired) electrons. The van der Waals surface area contributed by atoms with E-state index in [4.69, 9.17) is 5.14 Å². The summed E-state index contributed by atoms with van der Waals surface area (Å²) in [5.41, 5.74) is 0.299. The fourth-order valence-corrected chi connectivity index (χ4v) is 1.34. The van der Waals surface area contributed by atoms with Gasteiger partial charge in [0.05, 0.1) is 0 Å². The number of nitrogens with one attached hydrogen (secondary N) is 2. The third-order valence-corrected chi connectivity index (χ3v) is 2.32. The summed E-state index contributed by atoms with van der Waals surface area (Å²) in [6, 6.07) is 2.16. The van der Waals surface area contributed by atoms with Crippen LogP contribution in [0.25, 0.3) is 0 Å². The Labute approximate surface area is 86.7 Å². The number of carbonyl (C=O) groups is 1. The summed E-state index contributed by atoms with van der Waals surface area (Å²) in [5.74, 6) is 0. The van der Waals surface area contributed by atoms with Crippen LogP contribution in [0.15, 0.2) is 23.4 Å². The first-order valence-electron chi connectivity index (χ1n) is 3.91. The quantitative estimate of drug-likeness (QED) is 0.634. The first kappa shape index (κ1) is 11.4. The number of anilines is 1. The molecule has 1 rings (SSSR count). The molecule has 7 nitrogen and oxygen atoms in total. The zero-order valence-electron chi connectivity index (χ0n) is 7.89. The number of urea groups is 1. The van der Waals surface area contributed by atoms with Crippen molar-refractivity contribution in [1.29, 1.82) is 0 Å². The van der Waals surface area contributed by atoms with Crippen LogP contribution in [0, 0.1) is 0 Å². The summed E-state index contributed by atoms with van der Waals surface area (Å²) in [5, 5.41) is 9.29. The van der Waals surface area contributed by atoms with Crippen molar-refractivity contribution in [3.05, 3.63) is 18.3 Å². The minimum Gasteiger partial charge on any atom is -0.341 e. The van der Waals surface area contributed by atoms with E-state index in [1.165, 1.54) is 25.4 Å². The van der Waals surface area contributed by atoms with E-state index in [0.717, 1.165) is 0 Å². The number of hydrogen-bond donors (Lipinski definition) is 3. The van der Waals surface area contributed by atoms with Gasteiger partial charge in [-0.1, -0.05) is 0 Å². The molecule has 0 saturated carbocycles. The van der Waals surface area contributed by atoms with E-state index in [9.17, 15) is 13.2 Å². The average Bonchev–Trinajstić information content (AvgIpc) is 2.17. The van der Waals surface area contributed by atoms with Crippen molar-refractivity contribution in [2.75, 3.05) is 12.4 Å². The molecule has 0 spiro atoms. The third-order valence-electron chi connectivity index (χ3n) is 1.51. The third kappa shape index (κ3) is 3.18. The Balaban J connectivity index is 2.99. The van der Waals surface area contributed by atoms with Crippen molar-refractivity contribution in [3.63, 3.8) is 0 Å². The van der Waals surface area contributed by atoms with Gasteiger partial charge in [-0.15, -0.1) is 0 Å². The maximum Gasteiger partial charge on any atom is 0.318 e. The lowest BCUT2D eigenvalue weighted by molar-refractivity contribution is 0.254. The molecule has 0 aromatic carbocycles. The van der Waals surface area contributed by atoms with Crippen LogP contribution < -0.4 is 15.8 Å². The number of carbonyl (C=O) groups excluding carboxylic acids is 1. The van der Waals surface area contributed by atoms with Gasteiger partial charge in [-0.2, -0.15) is 0 Å². The van der Waals surface area contributed by atoms with Crippen LogP contribution in [-0.2, 0) is 10.0 Å². The second kappa shape index (κ2) is 4.24. The van der Waals surface area contributed by atoms with E-state index < -0.39 is 16.1 Å². The molecule has 8 heteroatoms. The number of aromatic nitrogens is 1. The van der Waals surface area contributed by atoms with Gasteiger partial charge in [-0.3, -0.25) is 0 Å². The highest BCUT2D eigenvalue weighted by Crippen LogP contribution is 2.10. The highest BCUT2D eigenvalue weighted by molar-refractivity contribution is 7.89. The molecule has 1 aromatic heterocycles. The summed E-state index contributed by atoms with van der Waals surface area (Å²) in [6.45, 7) is 0. The van der Waals surface area contributed by atoms with Crippen molar-refractivity contribution in [1.82, 2.24) is 10.3 Å². The predicted molar refractivity (Wildman–Crippen MR) is 53.7 cm³/mol. The first-order valence-corrected chi connectivity index (χ1v) is 5.45. The molecule has 4 N–H and O–H groups in total. The average molecular weight is 230 g/mol. The van der Waals surface area contributed by atoms with E-state index in [2.05, 4.69) is 15.6 Å². The lowest BCUT2D eigenvalue weighted by atomic mass is 10.4. The number of nitrogens with two attached hydrogens (primary N) is 1. The van der Waals surface area contributed by atoms with E-state index in [-0.39, 0.29) is 5.03 Å². The van der Waals surface area contributed by atoms with Gasteiger partial charge in [0.2, 0.25) is 0 Å². The Morgan fingerprint density at radius 1 is 1.53 bits per heavy atom. The Bertz CT molecular complexity index is 471. The van der Waals surface area contributed by atoms with Crippen molar-refractivity contribution < 1.29 is 13.2 Å². The normalized spacial score (nSPS) is 10.8. The van der Waals surface area contributed by atoms with Crippen LogP contribution in [0.3, 0.4) is 0 Å². The summed E-state index contributed by atoms with van der Waals surface area (Å²) >= 11 is 0. The summed E-state index contributed by atoms with van der Waals surface area (Å²) < 4.78 is 21.9. The number of nitrogens with zero attached hydrogens (tertiary/aromatic N) is 1. The zero-order chi connectivity index (χ0) is 11.5. The molecule has 1 heterocycles. The Hall–Kier alpha value is -1.67. The smallest absolute Gasteiger partial charge is 0.318 e. The number of amides is 2. The highest BCUT2D eigenvalue weighted by Gasteiger charge is 2.10. The van der Waals surface area contributed by atoms with Crippen LogP contribution in [0.1, 0.15) is 0 Å². The van der Waals surface area contributed by atoms with Crippen LogP contribution >= 0.6 is 0 Å². The summed E-state index contributed by atoms with van der Waals surface area (Å²) in [7, 11) is -2.41. The van der Waals surface area contributed by atoms with Crippen molar-refractivity contribution in [2.24, 2.45) is 5.14 Å². The number of rotatable bonds is 2. The minimum absolute atomic E-state index is 0.295. The van der Waals surface area contributed by atoms with Gasteiger partial charge in [0.1, 0.15) is 0 Å². The lowest BCUT2D eigenvalue weighted by Gasteiger charge is -2.04. The monoisotopic (exact) mass is 230 g/mol. The SMILES string of the molecule is CNC(=O)Nc1ccnc(S(N)(=O)=O)c1. The number of sulfonamides is 1. The van der Waals surface area contributed by atoms with Gasteiger partial charge in [0, 0.05) is 25.0 Å². The molecule has 82 valence electrons. The number of primary sulfonamides is 1. The number of hydrogen-bond acceptors (Lipinski definition) is 4. The molecule has 0 fully saturated rings. The first-order chi connectivity index (χ1) is 6.93. The van der Waals surface area contributed by atoms with Crippen molar-refractivity contribution >= 4 is 21.7 Å². The Morgan fingerprint density at radius 3 is 2.73 bits per heavy atom. The van der Waals surface area contributed by atoms with Crippen LogP contribution in [-0.4, -0.2) is 26.5 Å². The van der Waals surface area contributed by atoms with Crippen LogP contribution in [0.5, 0.6) is 0 Å². The van der Waals surface area contributed by atoms with Gasteiger partial charge in [-0.25, -0.2) is 23.3 Å². The van der Waals surface area contributed by atoms with Crippen LogP contribution in [0.2, 0.25) is 0 Å². The summed E-state index contributed by atoms with van der Waals surface area (Å²) in [4.78, 5) is 14.5. The topological polar surface area (TPSA) is 114 Å². The van der Waals surface area contributed by atoms with Crippen molar-refractivity contribution in [3.8, 4) is 0 Å². The fourth-order valence-electron chi connectivity index (χ4n) is 0.836. The van der Waals surface area contributed by atoms with E-state index in [1.54, 1.807) is 0 Å². The van der Waals surface area contributed by atoms with E-state index in [1.807, 2.05) is 0 Å². The molecule has 0 bridgehead atoms. The predicted octanol–water partition coefficient (Wildman–Crippen LogP) is -0.520. The summed E-state index contributed by atoms with van der Waals surface area (Å²) in [6.07, 6.45) is 1.24. The largest absolute Gasteiger partial charge is 0.341 e. The molecule has 0 aliphatic rings. The Kier molecular flexibility index (Phi) is 3.22. The second-order valence-corrected chi connectivity index (χ2v) is 4.14. The molecule has 1 aromatic rings. The zero-order valence-corrected chi connectivity index (χ0v) is 8.71. The molecule has 0 saturated heterocycles. The number of pyridine rings is 1. The maximum absolute atomic E-state index is 10.9. The second-order valence-electron chi connectivity index (χ2n) is 2.63. The highest BCUT2D eigenvalue weighted by atomic mass is 32.2. The van der Waals surface area contributed by atoms with Crippen molar-refractivity contribution in [2.45, 2.75) is 5.03 Å². The molecule has 0 aliphatic carbocycles. The minimum atomic E-state index is -3.85. The molecule has 2 amide bonds. The van der Waals surface area contributed by atoms with E-state index >= 15 is 0 Å². The van der Waals surface area contributed by atoms with Gasteiger partial charge in [0.15, 0.2) is 5.03 Å². The molecular weight excluding hydrogens is 220 g/mol. The van der Waals surface area contributed by atoms with E-state index in [0.29, 0.717) is 5.69 Å². The molecule has 0 unspecified atom stereocenters. The maximum atomic E-state index is 10.9. The van der Waals surface area contributed by atoms with Gasteiger partial charge in [-0.05, 0) is 6.07 Å².